The fourth-order valence-corrected chi connectivity index (χ4v) is 1.59. The van der Waals surface area contributed by atoms with Crippen LogP contribution in [0.4, 0.5) is 5.69 Å². The minimum atomic E-state index is -1.25. The number of aromatic nitrogens is 2. The molecule has 0 radical (unpaired) electrons. The van der Waals surface area contributed by atoms with Gasteiger partial charge in [0.05, 0.1) is 4.92 Å². The normalized spacial score (nSPS) is 10.2. The van der Waals surface area contributed by atoms with Gasteiger partial charge in [-0.05, 0) is 18.2 Å². The summed E-state index contributed by atoms with van der Waals surface area (Å²) in [7, 11) is 0. The molecule has 9 heteroatoms. The van der Waals surface area contributed by atoms with E-state index in [1.807, 2.05) is 0 Å². The summed E-state index contributed by atoms with van der Waals surface area (Å²) in [6.07, 6.45) is 1.27. The molecular weight excluding hydrogens is 268 g/mol. The Morgan fingerprint density at radius 3 is 2.55 bits per heavy atom. The van der Waals surface area contributed by atoms with Gasteiger partial charge in [0.15, 0.2) is 5.69 Å². The lowest BCUT2D eigenvalue weighted by Gasteiger charge is -2.04. The predicted molar refractivity (Wildman–Crippen MR) is 65.7 cm³/mol. The van der Waals surface area contributed by atoms with Crippen LogP contribution < -0.4 is 5.73 Å². The summed E-state index contributed by atoms with van der Waals surface area (Å²) in [5.41, 5.74) is 4.41. The summed E-state index contributed by atoms with van der Waals surface area (Å²) >= 11 is 0. The number of carbonyl (C=O) groups excluding carboxylic acids is 1. The van der Waals surface area contributed by atoms with Crippen molar-refractivity contribution in [3.05, 3.63) is 51.8 Å². The molecule has 1 aromatic carbocycles. The minimum absolute atomic E-state index is 0.0222. The Bertz CT molecular complexity index is 721. The third kappa shape index (κ3) is 2.32. The molecular formula is C11H8N4O5. The Kier molecular flexibility index (Phi) is 3.17. The number of carboxylic acid groups (broad SMARTS) is 1. The highest BCUT2D eigenvalue weighted by Crippen LogP contribution is 2.23. The summed E-state index contributed by atoms with van der Waals surface area (Å²) < 4.78 is 1.05. The van der Waals surface area contributed by atoms with Crippen molar-refractivity contribution >= 4 is 17.6 Å². The maximum absolute atomic E-state index is 11.0. The largest absolute Gasteiger partial charge is 0.476 e. The molecule has 0 unspecified atom stereocenters. The number of nitrogens with two attached hydrogens (primary N) is 1. The third-order valence-corrected chi connectivity index (χ3v) is 2.51. The summed E-state index contributed by atoms with van der Waals surface area (Å²) in [5, 5.41) is 23.5. The smallest absolute Gasteiger partial charge is 0.356 e. The van der Waals surface area contributed by atoms with Crippen molar-refractivity contribution in [2.45, 2.75) is 0 Å². The number of hydrogen-bond acceptors (Lipinski definition) is 5. The van der Waals surface area contributed by atoms with Crippen molar-refractivity contribution in [1.82, 2.24) is 9.78 Å². The van der Waals surface area contributed by atoms with Crippen LogP contribution in [0.2, 0.25) is 0 Å². The lowest BCUT2D eigenvalue weighted by molar-refractivity contribution is -0.384. The molecule has 0 saturated heterocycles. The summed E-state index contributed by atoms with van der Waals surface area (Å²) in [4.78, 5) is 32.1. The summed E-state index contributed by atoms with van der Waals surface area (Å²) in [5.74, 6) is -2.05. The van der Waals surface area contributed by atoms with Gasteiger partial charge in [-0.25, -0.2) is 9.48 Å². The summed E-state index contributed by atoms with van der Waals surface area (Å²) in [6.45, 7) is 0. The van der Waals surface area contributed by atoms with Crippen LogP contribution in [0, 0.1) is 10.1 Å². The van der Waals surface area contributed by atoms with Gasteiger partial charge in [-0.3, -0.25) is 14.9 Å². The number of benzene rings is 1. The van der Waals surface area contributed by atoms with Gasteiger partial charge in [-0.2, -0.15) is 5.10 Å². The van der Waals surface area contributed by atoms with Crippen LogP contribution in [0.5, 0.6) is 0 Å². The maximum Gasteiger partial charge on any atom is 0.356 e. The minimum Gasteiger partial charge on any atom is -0.476 e. The van der Waals surface area contributed by atoms with Crippen LogP contribution in [-0.4, -0.2) is 31.7 Å². The number of primary amides is 1. The second-order valence-corrected chi connectivity index (χ2v) is 3.78. The molecule has 1 aromatic heterocycles. The number of amides is 1. The van der Waals surface area contributed by atoms with Crippen LogP contribution in [0.25, 0.3) is 5.69 Å². The van der Waals surface area contributed by atoms with E-state index in [0.717, 1.165) is 10.7 Å². The van der Waals surface area contributed by atoms with E-state index in [4.69, 9.17) is 10.8 Å². The maximum atomic E-state index is 11.0. The average molecular weight is 276 g/mol. The zero-order chi connectivity index (χ0) is 14.9. The van der Waals surface area contributed by atoms with Gasteiger partial charge in [0.1, 0.15) is 5.69 Å². The third-order valence-electron chi connectivity index (χ3n) is 2.51. The van der Waals surface area contributed by atoms with E-state index in [2.05, 4.69) is 5.10 Å². The predicted octanol–water partition coefficient (Wildman–Crippen LogP) is 0.578. The number of aromatic carboxylic acids is 1. The zero-order valence-corrected chi connectivity index (χ0v) is 9.89. The van der Waals surface area contributed by atoms with E-state index < -0.39 is 22.5 Å². The molecule has 3 N–H and O–H groups in total. The first kappa shape index (κ1) is 13.2. The molecule has 1 amide bonds. The monoisotopic (exact) mass is 276 g/mol. The molecule has 1 heterocycles. The summed E-state index contributed by atoms with van der Waals surface area (Å²) in [6, 6.07) is 4.79. The van der Waals surface area contributed by atoms with Gasteiger partial charge in [0.25, 0.3) is 5.69 Å². The van der Waals surface area contributed by atoms with E-state index in [0.29, 0.717) is 0 Å². The van der Waals surface area contributed by atoms with Gasteiger partial charge in [-0.1, -0.05) is 0 Å². The molecule has 2 aromatic rings. The number of nitro groups is 1. The molecule has 0 spiro atoms. The molecule has 0 aliphatic heterocycles. The molecule has 2 rings (SSSR count). The number of nitro benzene ring substituents is 1. The van der Waals surface area contributed by atoms with Crippen molar-refractivity contribution in [3.8, 4) is 5.69 Å². The number of carbonyl (C=O) groups is 2. The van der Waals surface area contributed by atoms with Crippen LogP contribution >= 0.6 is 0 Å². The van der Waals surface area contributed by atoms with Crippen molar-refractivity contribution in [2.24, 2.45) is 5.73 Å². The number of nitrogens with zero attached hydrogens (tertiary/aromatic N) is 3. The van der Waals surface area contributed by atoms with Crippen LogP contribution in [0.3, 0.4) is 0 Å². The van der Waals surface area contributed by atoms with Gasteiger partial charge < -0.3 is 10.8 Å². The SMILES string of the molecule is NC(=O)c1ccc(-n2ccc(C(=O)O)n2)c([N+](=O)[O-])c1. The molecule has 20 heavy (non-hydrogen) atoms. The second kappa shape index (κ2) is 4.80. The Labute approximate surface area is 111 Å². The highest BCUT2D eigenvalue weighted by Gasteiger charge is 2.19. The topological polar surface area (TPSA) is 141 Å². The Hall–Kier alpha value is -3.23. The molecule has 0 fully saturated rings. The van der Waals surface area contributed by atoms with Crippen molar-refractivity contribution in [3.63, 3.8) is 0 Å². The quantitative estimate of drug-likeness (QED) is 0.617. The van der Waals surface area contributed by atoms with Crippen molar-refractivity contribution < 1.29 is 19.6 Å². The molecule has 0 atom stereocenters. The van der Waals surface area contributed by atoms with Crippen LogP contribution in [0.1, 0.15) is 20.8 Å². The number of hydrogen-bond donors (Lipinski definition) is 2. The molecule has 102 valence electrons. The molecule has 0 saturated carbocycles. The van der Waals surface area contributed by atoms with Crippen LogP contribution in [-0.2, 0) is 0 Å². The van der Waals surface area contributed by atoms with E-state index in [-0.39, 0.29) is 16.9 Å². The van der Waals surface area contributed by atoms with Crippen LogP contribution in [0.15, 0.2) is 30.5 Å². The highest BCUT2D eigenvalue weighted by molar-refractivity contribution is 5.94. The zero-order valence-electron chi connectivity index (χ0n) is 9.89. The fraction of sp³-hybridized carbons (Fsp3) is 0. The van der Waals surface area contributed by atoms with Gasteiger partial charge in [-0.15, -0.1) is 0 Å². The van der Waals surface area contributed by atoms with E-state index in [1.54, 1.807) is 0 Å². The number of rotatable bonds is 4. The Morgan fingerprint density at radius 2 is 2.05 bits per heavy atom. The van der Waals surface area contributed by atoms with E-state index in [1.165, 1.54) is 24.4 Å². The first-order valence-corrected chi connectivity index (χ1v) is 5.27. The molecule has 0 aliphatic rings. The molecule has 0 bridgehead atoms. The van der Waals surface area contributed by atoms with Gasteiger partial charge >= 0.3 is 5.97 Å². The first-order valence-electron chi connectivity index (χ1n) is 5.27. The fourth-order valence-electron chi connectivity index (χ4n) is 1.59. The lowest BCUT2D eigenvalue weighted by atomic mass is 10.1. The van der Waals surface area contributed by atoms with Gasteiger partial charge in [0.2, 0.25) is 5.91 Å². The number of carboxylic acids is 1. The highest BCUT2D eigenvalue weighted by atomic mass is 16.6. The van der Waals surface area contributed by atoms with E-state index >= 15 is 0 Å². The van der Waals surface area contributed by atoms with E-state index in [9.17, 15) is 19.7 Å². The Morgan fingerprint density at radius 1 is 1.35 bits per heavy atom. The lowest BCUT2D eigenvalue weighted by Crippen LogP contribution is -2.12. The standard InChI is InChI=1S/C11H8N4O5/c12-10(16)6-1-2-8(9(5-6)15(19)20)14-4-3-7(13-14)11(17)18/h1-5H,(H2,12,16)(H,17,18). The van der Waals surface area contributed by atoms with Crippen molar-refractivity contribution in [1.29, 1.82) is 0 Å². The first-order chi connectivity index (χ1) is 9.40. The second-order valence-electron chi connectivity index (χ2n) is 3.78. The molecule has 0 aliphatic carbocycles. The molecule has 9 nitrogen and oxygen atoms in total. The average Bonchev–Trinajstić information content (AvgIpc) is 2.87. The Balaban J connectivity index is 2.57. The van der Waals surface area contributed by atoms with Gasteiger partial charge in [0, 0.05) is 17.8 Å². The van der Waals surface area contributed by atoms with Crippen molar-refractivity contribution in [2.75, 3.05) is 0 Å².